The second-order valence-electron chi connectivity index (χ2n) is 1.55. The highest BCUT2D eigenvalue weighted by Gasteiger charge is 2.10. The largest absolute Gasteiger partial charge is 0.254 e. The van der Waals surface area contributed by atoms with E-state index in [1.807, 2.05) is 0 Å². The zero-order valence-corrected chi connectivity index (χ0v) is 9.79. The lowest BCUT2D eigenvalue weighted by Crippen LogP contribution is -2.07. The third kappa shape index (κ3) is 2.19. The number of rotatable bonds is 2. The third-order valence-corrected chi connectivity index (χ3v) is 5.72. The van der Waals surface area contributed by atoms with Crippen LogP contribution in [0.4, 0.5) is 3.89 Å². The van der Waals surface area contributed by atoms with Crippen LogP contribution in [-0.2, 0) is 50.7 Å². The molecule has 0 radical (unpaired) electrons. The topological polar surface area (TPSA) is 43.6 Å². The van der Waals surface area contributed by atoms with E-state index in [1.54, 1.807) is 6.26 Å². The van der Waals surface area contributed by atoms with Crippen molar-refractivity contribution in [1.82, 2.24) is 19.6 Å². The SMILES string of the molecule is CS(=S=S)n1nnnc1S([18F])=S. The Morgan fingerprint density at radius 2 is 2.33 bits per heavy atom. The summed E-state index contributed by atoms with van der Waals surface area (Å²) in [5.74, 6) is 0. The summed E-state index contributed by atoms with van der Waals surface area (Å²) in [7, 11) is -1.12. The second-order valence-corrected chi connectivity index (χ2v) is 7.65. The summed E-state index contributed by atoms with van der Waals surface area (Å²) >= 11 is 9.14. The molecule has 0 aromatic carbocycles. The summed E-state index contributed by atoms with van der Waals surface area (Å²) in [6.45, 7) is 0. The van der Waals surface area contributed by atoms with Gasteiger partial charge in [0.25, 0.3) is 5.16 Å². The van der Waals surface area contributed by atoms with Crippen molar-refractivity contribution in [3.05, 3.63) is 0 Å². The van der Waals surface area contributed by atoms with E-state index in [2.05, 4.69) is 26.7 Å². The highest BCUT2D eigenvalue weighted by Crippen LogP contribution is 2.02. The minimum atomic E-state index is -1.82. The number of halogens is 1. The Morgan fingerprint density at radius 3 is 2.83 bits per heavy atom. The quantitative estimate of drug-likeness (QED) is 0.670. The van der Waals surface area contributed by atoms with Crippen LogP contribution in [-0.4, -0.2) is 25.9 Å². The molecule has 0 aliphatic carbocycles. The Morgan fingerprint density at radius 1 is 1.67 bits per heavy atom. The zero-order chi connectivity index (χ0) is 9.14. The lowest BCUT2D eigenvalue weighted by atomic mass is 11.4. The molecule has 0 amide bonds. The molecule has 0 aliphatic rings. The van der Waals surface area contributed by atoms with Crippen LogP contribution in [0.5, 0.6) is 0 Å². The summed E-state index contributed by atoms with van der Waals surface area (Å²) in [6.07, 6.45) is 1.81. The average Bonchev–Trinajstić information content (AvgIpc) is 2.50. The molecule has 0 saturated heterocycles. The molecule has 0 N–H and O–H groups in total. The van der Waals surface area contributed by atoms with Gasteiger partial charge >= 0.3 is 0 Å². The van der Waals surface area contributed by atoms with Crippen LogP contribution < -0.4 is 0 Å². The summed E-state index contributed by atoms with van der Waals surface area (Å²) in [6, 6.07) is 0. The molecule has 1 rings (SSSR count). The Hall–Kier alpha value is 0.360. The standard InChI is InChI=1S/C2H3FN4S5/c1-11(10-8)7-2(12(3)9)4-5-6-7/h1H3/i3-1. The van der Waals surface area contributed by atoms with Crippen molar-refractivity contribution in [2.45, 2.75) is 5.16 Å². The number of aromatic nitrogens is 4. The zero-order valence-electron chi connectivity index (χ0n) is 5.71. The normalized spacial score (nSPS) is 15.5. The second kappa shape index (κ2) is 4.56. The van der Waals surface area contributed by atoms with Crippen LogP contribution >= 0.6 is 0 Å². The molecule has 1 aromatic heterocycles. The lowest BCUT2D eigenvalue weighted by Gasteiger charge is -1.97. The Kier molecular flexibility index (Phi) is 3.96. The summed E-state index contributed by atoms with van der Waals surface area (Å²) in [5, 5.41) is 10.5. The Labute approximate surface area is 85.4 Å². The van der Waals surface area contributed by atoms with Crippen LogP contribution in [0.3, 0.4) is 0 Å². The number of nitrogens with zero attached hydrogens (tertiary/aromatic N) is 4. The van der Waals surface area contributed by atoms with Gasteiger partial charge in [-0.3, -0.25) is 0 Å². The molecule has 10 heteroatoms. The first-order valence-corrected chi connectivity index (χ1v) is 8.39. The van der Waals surface area contributed by atoms with Gasteiger partial charge in [-0.05, 0) is 51.3 Å². The molecule has 0 saturated carbocycles. The first-order chi connectivity index (χ1) is 5.66. The summed E-state index contributed by atoms with van der Waals surface area (Å²) < 4.78 is 14.0. The van der Waals surface area contributed by atoms with Gasteiger partial charge in [0.15, 0.2) is 0 Å². The van der Waals surface area contributed by atoms with E-state index in [0.29, 0.717) is 0 Å². The number of tetrazole rings is 1. The van der Waals surface area contributed by atoms with E-state index in [4.69, 9.17) is 11.2 Å². The summed E-state index contributed by atoms with van der Waals surface area (Å²) in [4.78, 5) is 0. The van der Waals surface area contributed by atoms with Crippen molar-refractivity contribution in [1.29, 1.82) is 0 Å². The van der Waals surface area contributed by atoms with E-state index in [0.717, 1.165) is 8.88 Å². The van der Waals surface area contributed by atoms with Gasteiger partial charge in [-0.15, -0.1) is 0 Å². The molecule has 0 fully saturated rings. The molecule has 2 atom stereocenters. The molecule has 0 aliphatic heterocycles. The predicted octanol–water partition coefficient (Wildman–Crippen LogP) is -0.533. The van der Waals surface area contributed by atoms with Gasteiger partial charge in [0, 0.05) is 6.26 Å². The van der Waals surface area contributed by atoms with Crippen LogP contribution in [0.15, 0.2) is 5.16 Å². The van der Waals surface area contributed by atoms with Gasteiger partial charge in [0.2, 0.25) is 0 Å². The summed E-state index contributed by atoms with van der Waals surface area (Å²) in [5.41, 5.74) is 0. The fourth-order valence-electron chi connectivity index (χ4n) is 0.455. The lowest BCUT2D eigenvalue weighted by molar-refractivity contribution is 0.832. The molecule has 1 heterocycles. The van der Waals surface area contributed by atoms with Gasteiger partial charge in [-0.25, -0.2) is 0 Å². The van der Waals surface area contributed by atoms with E-state index in [-0.39, 0.29) is 5.16 Å². The van der Waals surface area contributed by atoms with Crippen LogP contribution in [0.1, 0.15) is 0 Å². The van der Waals surface area contributed by atoms with Crippen molar-refractivity contribution >= 4 is 50.7 Å². The molecule has 1 aromatic rings. The van der Waals surface area contributed by atoms with Gasteiger partial charge in [-0.2, -0.15) is 7.97 Å². The minimum absolute atomic E-state index is 0.0770. The van der Waals surface area contributed by atoms with E-state index < -0.39 is 19.5 Å². The first kappa shape index (κ1) is 10.4. The van der Waals surface area contributed by atoms with Crippen molar-refractivity contribution in [3.8, 4) is 0 Å². The third-order valence-electron chi connectivity index (χ3n) is 0.901. The molecule has 68 valence electrons. The van der Waals surface area contributed by atoms with Gasteiger partial charge < -0.3 is 0 Å². The molecular weight excluding hydrogens is 258 g/mol. The van der Waals surface area contributed by atoms with Crippen molar-refractivity contribution in [2.75, 3.05) is 6.26 Å². The maximum absolute atomic E-state index is 12.7. The van der Waals surface area contributed by atoms with Crippen LogP contribution in [0, 0.1) is 0 Å². The maximum atomic E-state index is 12.7. The van der Waals surface area contributed by atoms with Crippen molar-refractivity contribution in [3.63, 3.8) is 0 Å². The van der Waals surface area contributed by atoms with Crippen molar-refractivity contribution < 1.29 is 3.89 Å². The highest BCUT2D eigenvalue weighted by atomic mass is 33.1. The number of hydrogen-bond donors (Lipinski definition) is 0. The monoisotopic (exact) mass is 261 g/mol. The van der Waals surface area contributed by atoms with Crippen molar-refractivity contribution in [2.24, 2.45) is 0 Å². The average molecular weight is 261 g/mol. The van der Waals surface area contributed by atoms with Crippen LogP contribution in [0.25, 0.3) is 0 Å². The minimum Gasteiger partial charge on any atom is -0.154 e. The first-order valence-electron chi connectivity index (χ1n) is 2.50. The molecular formula is C2H3FN4S5. The molecule has 2 unspecified atom stereocenters. The van der Waals surface area contributed by atoms with E-state index in [1.165, 1.54) is 4.09 Å². The number of hydrogen-bond acceptors (Lipinski definition) is 5. The maximum Gasteiger partial charge on any atom is 0.254 e. The van der Waals surface area contributed by atoms with Gasteiger partial charge in [0.1, 0.15) is 9.84 Å². The smallest absolute Gasteiger partial charge is 0.154 e. The fourth-order valence-corrected chi connectivity index (χ4v) is 3.28. The van der Waals surface area contributed by atoms with E-state index in [9.17, 15) is 3.89 Å². The van der Waals surface area contributed by atoms with Gasteiger partial charge in [-0.1, -0.05) is 5.10 Å². The molecule has 4 nitrogen and oxygen atoms in total. The van der Waals surface area contributed by atoms with Crippen LogP contribution in [0.2, 0.25) is 0 Å². The van der Waals surface area contributed by atoms with E-state index >= 15 is 0 Å². The van der Waals surface area contributed by atoms with Gasteiger partial charge in [0.05, 0.1) is 0 Å². The predicted molar refractivity (Wildman–Crippen MR) is 55.3 cm³/mol. The molecule has 0 bridgehead atoms. The fraction of sp³-hybridized carbons (Fsp3) is 0.500. The Balaban J connectivity index is 3.25. The molecule has 12 heavy (non-hydrogen) atoms. The molecule has 0 spiro atoms. The highest BCUT2D eigenvalue weighted by molar-refractivity contribution is 8.47. The Bertz CT molecular complexity index is 365.